The minimum Gasteiger partial charge on any atom is -0.274 e. The van der Waals surface area contributed by atoms with E-state index < -0.39 is 10.0 Å². The van der Waals surface area contributed by atoms with Crippen molar-refractivity contribution in [2.75, 3.05) is 0 Å². The van der Waals surface area contributed by atoms with Gasteiger partial charge < -0.3 is 0 Å². The van der Waals surface area contributed by atoms with Crippen molar-refractivity contribution in [3.63, 3.8) is 0 Å². The largest absolute Gasteiger partial charge is 0.274 e. The first-order chi connectivity index (χ1) is 8.92. The summed E-state index contributed by atoms with van der Waals surface area (Å²) in [7, 11) is -1.84. The number of hydrogen-bond donors (Lipinski definition) is 1. The first-order valence-corrected chi connectivity index (χ1v) is 7.42. The van der Waals surface area contributed by atoms with E-state index in [9.17, 15) is 8.42 Å². The van der Waals surface area contributed by atoms with Crippen molar-refractivity contribution >= 4 is 10.0 Å². The smallest absolute Gasteiger partial charge is 0.244 e. The fraction of sp³-hybridized carbons (Fsp3) is 0.455. The lowest BCUT2D eigenvalue weighted by atomic mass is 10.4. The van der Waals surface area contributed by atoms with Gasteiger partial charge in [-0.15, -0.1) is 0 Å². The van der Waals surface area contributed by atoms with Crippen molar-refractivity contribution in [2.45, 2.75) is 31.8 Å². The van der Waals surface area contributed by atoms with Gasteiger partial charge in [-0.25, -0.2) is 13.1 Å². The molecule has 2 rings (SSSR count). The van der Waals surface area contributed by atoms with Gasteiger partial charge in [-0.1, -0.05) is 0 Å². The third-order valence-corrected chi connectivity index (χ3v) is 4.24. The fourth-order valence-electron chi connectivity index (χ4n) is 1.77. The molecule has 0 saturated heterocycles. The van der Waals surface area contributed by atoms with E-state index in [1.54, 1.807) is 24.9 Å². The van der Waals surface area contributed by atoms with Gasteiger partial charge in [-0.3, -0.25) is 9.36 Å². The summed E-state index contributed by atoms with van der Waals surface area (Å²) < 4.78 is 30.0. The van der Waals surface area contributed by atoms with Gasteiger partial charge in [0.25, 0.3) is 0 Å². The van der Waals surface area contributed by atoms with Crippen molar-refractivity contribution in [3.05, 3.63) is 29.8 Å². The average molecular weight is 283 g/mol. The van der Waals surface area contributed by atoms with E-state index in [0.717, 1.165) is 12.1 Å². The van der Waals surface area contributed by atoms with Crippen LogP contribution in [-0.4, -0.2) is 28.0 Å². The molecule has 0 saturated carbocycles. The molecule has 0 aromatic carbocycles. The van der Waals surface area contributed by atoms with Crippen molar-refractivity contribution < 1.29 is 8.42 Å². The molecule has 0 atom stereocenters. The van der Waals surface area contributed by atoms with Crippen molar-refractivity contribution in [1.29, 1.82) is 0 Å². The van der Waals surface area contributed by atoms with Crippen LogP contribution < -0.4 is 4.72 Å². The molecule has 2 heterocycles. The minimum absolute atomic E-state index is 0.206. The zero-order valence-corrected chi connectivity index (χ0v) is 12.0. The third kappa shape index (κ3) is 3.02. The van der Waals surface area contributed by atoms with Crippen LogP contribution >= 0.6 is 0 Å². The molecular formula is C11H17N5O2S. The number of nitrogens with zero attached hydrogens (tertiary/aromatic N) is 4. The predicted octanol–water partition coefficient (Wildman–Crippen LogP) is 0.423. The fourth-order valence-corrected chi connectivity index (χ4v) is 3.00. The molecule has 19 heavy (non-hydrogen) atoms. The van der Waals surface area contributed by atoms with Gasteiger partial charge in [0.15, 0.2) is 0 Å². The number of rotatable bonds is 5. The number of aromatic nitrogens is 4. The molecule has 0 unspecified atom stereocenters. The molecule has 0 spiro atoms. The summed E-state index contributed by atoms with van der Waals surface area (Å²) in [5, 5.41) is 8.13. The molecule has 0 aliphatic rings. The van der Waals surface area contributed by atoms with Gasteiger partial charge in [0, 0.05) is 38.1 Å². The van der Waals surface area contributed by atoms with Gasteiger partial charge in [-0.05, 0) is 13.8 Å². The highest BCUT2D eigenvalue weighted by atomic mass is 32.2. The second-order valence-electron chi connectivity index (χ2n) is 4.28. The lowest BCUT2D eigenvalue weighted by Crippen LogP contribution is -2.23. The Bertz CT molecular complexity index is 671. The quantitative estimate of drug-likeness (QED) is 0.862. The second kappa shape index (κ2) is 5.14. The van der Waals surface area contributed by atoms with Crippen LogP contribution in [0.25, 0.3) is 0 Å². The van der Waals surface area contributed by atoms with Crippen LogP contribution in [0.3, 0.4) is 0 Å². The van der Waals surface area contributed by atoms with E-state index in [4.69, 9.17) is 0 Å². The van der Waals surface area contributed by atoms with Crippen molar-refractivity contribution in [1.82, 2.24) is 24.3 Å². The molecule has 1 N–H and O–H groups in total. The Morgan fingerprint density at radius 2 is 2.11 bits per heavy atom. The Hall–Kier alpha value is -1.67. The topological polar surface area (TPSA) is 81.8 Å². The van der Waals surface area contributed by atoms with Gasteiger partial charge in [0.1, 0.15) is 4.90 Å². The maximum atomic E-state index is 12.1. The molecule has 104 valence electrons. The minimum atomic E-state index is -3.54. The van der Waals surface area contributed by atoms with Gasteiger partial charge >= 0.3 is 0 Å². The Balaban J connectivity index is 2.11. The molecule has 0 aliphatic heterocycles. The van der Waals surface area contributed by atoms with Crippen LogP contribution in [0.4, 0.5) is 0 Å². The number of nitrogens with one attached hydrogen (secondary N) is 1. The van der Waals surface area contributed by atoms with Crippen LogP contribution in [0, 0.1) is 6.92 Å². The SMILES string of the molecule is CCn1cc(CNS(=O)(=O)c2cn(C)nc2C)cn1. The molecule has 0 amide bonds. The molecule has 0 radical (unpaired) electrons. The van der Waals surface area contributed by atoms with Crippen LogP contribution in [0.1, 0.15) is 18.2 Å². The predicted molar refractivity (Wildman–Crippen MR) is 69.9 cm³/mol. The summed E-state index contributed by atoms with van der Waals surface area (Å²) in [6.07, 6.45) is 4.97. The second-order valence-corrected chi connectivity index (χ2v) is 6.02. The maximum Gasteiger partial charge on any atom is 0.244 e. The number of sulfonamides is 1. The van der Waals surface area contributed by atoms with Crippen LogP contribution in [0.2, 0.25) is 0 Å². The van der Waals surface area contributed by atoms with Gasteiger partial charge in [0.05, 0.1) is 11.9 Å². The van der Waals surface area contributed by atoms with E-state index in [1.165, 1.54) is 10.9 Å². The highest BCUT2D eigenvalue weighted by Gasteiger charge is 2.19. The lowest BCUT2D eigenvalue weighted by molar-refractivity contribution is 0.580. The van der Waals surface area contributed by atoms with E-state index in [1.807, 2.05) is 13.1 Å². The summed E-state index contributed by atoms with van der Waals surface area (Å²) in [6.45, 7) is 4.62. The molecule has 2 aromatic rings. The summed E-state index contributed by atoms with van der Waals surface area (Å²) in [5.41, 5.74) is 1.31. The van der Waals surface area contributed by atoms with E-state index in [-0.39, 0.29) is 11.4 Å². The van der Waals surface area contributed by atoms with Crippen molar-refractivity contribution in [3.8, 4) is 0 Å². The molecule has 2 aromatic heterocycles. The molecule has 0 bridgehead atoms. The maximum absolute atomic E-state index is 12.1. The Morgan fingerprint density at radius 3 is 2.63 bits per heavy atom. The van der Waals surface area contributed by atoms with Crippen LogP contribution in [0.5, 0.6) is 0 Å². The van der Waals surface area contributed by atoms with Crippen LogP contribution in [0.15, 0.2) is 23.5 Å². The van der Waals surface area contributed by atoms with Gasteiger partial charge in [0.2, 0.25) is 10.0 Å². The zero-order chi connectivity index (χ0) is 14.0. The molecule has 8 heteroatoms. The summed E-state index contributed by atoms with van der Waals surface area (Å²) in [6, 6.07) is 0. The molecule has 7 nitrogen and oxygen atoms in total. The zero-order valence-electron chi connectivity index (χ0n) is 11.2. The standard InChI is InChI=1S/C11H17N5O2S/c1-4-16-7-10(5-12-16)6-13-19(17,18)11-8-15(3)14-9(11)2/h5,7-8,13H,4,6H2,1-3H3. The summed E-state index contributed by atoms with van der Waals surface area (Å²) in [5.74, 6) is 0. The van der Waals surface area contributed by atoms with Crippen molar-refractivity contribution in [2.24, 2.45) is 7.05 Å². The Morgan fingerprint density at radius 1 is 1.37 bits per heavy atom. The normalized spacial score (nSPS) is 11.9. The van der Waals surface area contributed by atoms with Crippen LogP contribution in [-0.2, 0) is 30.2 Å². The van der Waals surface area contributed by atoms with E-state index in [2.05, 4.69) is 14.9 Å². The monoisotopic (exact) mass is 283 g/mol. The summed E-state index contributed by atoms with van der Waals surface area (Å²) >= 11 is 0. The third-order valence-electron chi connectivity index (χ3n) is 2.73. The van der Waals surface area contributed by atoms with Gasteiger partial charge in [-0.2, -0.15) is 10.2 Å². The lowest BCUT2D eigenvalue weighted by Gasteiger charge is -2.03. The highest BCUT2D eigenvalue weighted by molar-refractivity contribution is 7.89. The number of aryl methyl sites for hydroxylation is 3. The molecule has 0 fully saturated rings. The Kier molecular flexibility index (Phi) is 3.72. The molecule has 0 aliphatic carbocycles. The first kappa shape index (κ1) is 13.8. The van der Waals surface area contributed by atoms with E-state index in [0.29, 0.717) is 5.69 Å². The highest BCUT2D eigenvalue weighted by Crippen LogP contribution is 2.12. The first-order valence-electron chi connectivity index (χ1n) is 5.93. The Labute approximate surface area is 112 Å². The average Bonchev–Trinajstić information content (AvgIpc) is 2.93. The summed E-state index contributed by atoms with van der Waals surface area (Å²) in [4.78, 5) is 0.206. The molecular weight excluding hydrogens is 266 g/mol. The van der Waals surface area contributed by atoms with E-state index >= 15 is 0 Å². The number of hydrogen-bond acceptors (Lipinski definition) is 4.